The van der Waals surface area contributed by atoms with Crippen LogP contribution in [0.2, 0.25) is 10.0 Å². The predicted octanol–water partition coefficient (Wildman–Crippen LogP) is 4.79. The van der Waals surface area contributed by atoms with Gasteiger partial charge in [-0.25, -0.2) is 4.79 Å². The minimum atomic E-state index is -4.84. The van der Waals surface area contributed by atoms with Crippen LogP contribution in [0.3, 0.4) is 0 Å². The second-order valence-electron chi connectivity index (χ2n) is 6.89. The minimum Gasteiger partial charge on any atom is -0.351 e. The number of aryl methyl sites for hydroxylation is 1. The van der Waals surface area contributed by atoms with E-state index in [0.717, 1.165) is 23.1 Å². The predicted molar refractivity (Wildman–Crippen MR) is 109 cm³/mol. The van der Waals surface area contributed by atoms with Crippen LogP contribution in [-0.2, 0) is 10.4 Å². The van der Waals surface area contributed by atoms with E-state index in [2.05, 4.69) is 5.48 Å². The van der Waals surface area contributed by atoms with Crippen molar-refractivity contribution in [2.24, 2.45) is 5.73 Å². The molecule has 0 saturated carbocycles. The zero-order valence-corrected chi connectivity index (χ0v) is 17.7. The number of nitrogens with zero attached hydrogens (tertiary/aromatic N) is 1. The summed E-state index contributed by atoms with van der Waals surface area (Å²) in [5, 5.41) is 0.0442. The first kappa shape index (κ1) is 22.9. The van der Waals surface area contributed by atoms with E-state index < -0.39 is 23.7 Å². The highest BCUT2D eigenvalue weighted by Gasteiger charge is 2.59. The van der Waals surface area contributed by atoms with Gasteiger partial charge in [-0.05, 0) is 54.5 Å². The number of imide groups is 1. The molecule has 0 aliphatic carbocycles. The van der Waals surface area contributed by atoms with Crippen LogP contribution in [0.25, 0.3) is 5.70 Å². The number of hydrogen-bond acceptors (Lipinski definition) is 4. The standard InChI is InChI=1S/C20H16Cl2F3N3O3/c1-10-5-11(3-4-15(10)17(29)28(2)18(26)30)16-9-19(31-27-16,20(23,24)25)12-6-13(21)8-14(22)7-12/h3-9,27H,1-2H3,(H2,26,30). The van der Waals surface area contributed by atoms with E-state index in [1.165, 1.54) is 31.3 Å². The van der Waals surface area contributed by atoms with Gasteiger partial charge in [-0.1, -0.05) is 29.3 Å². The molecule has 1 atom stereocenters. The first-order valence-electron chi connectivity index (χ1n) is 8.74. The summed E-state index contributed by atoms with van der Waals surface area (Å²) in [5.74, 6) is -0.639. The summed E-state index contributed by atoms with van der Waals surface area (Å²) in [7, 11) is 1.22. The molecule has 0 radical (unpaired) electrons. The highest BCUT2D eigenvalue weighted by Crippen LogP contribution is 2.48. The number of hydrogen-bond donors (Lipinski definition) is 2. The Morgan fingerprint density at radius 2 is 1.74 bits per heavy atom. The maximum Gasteiger partial charge on any atom is 0.428 e. The Hall–Kier alpha value is -2.75. The number of hydroxylamine groups is 1. The molecule has 164 valence electrons. The van der Waals surface area contributed by atoms with Gasteiger partial charge in [0.05, 0.1) is 5.70 Å². The van der Waals surface area contributed by atoms with Crippen LogP contribution < -0.4 is 11.2 Å². The van der Waals surface area contributed by atoms with Crippen LogP contribution in [0.1, 0.15) is 27.0 Å². The Morgan fingerprint density at radius 1 is 1.13 bits per heavy atom. The highest BCUT2D eigenvalue weighted by molar-refractivity contribution is 6.34. The van der Waals surface area contributed by atoms with Crippen LogP contribution >= 0.6 is 23.2 Å². The van der Waals surface area contributed by atoms with Gasteiger partial charge in [-0.15, -0.1) is 0 Å². The van der Waals surface area contributed by atoms with Crippen molar-refractivity contribution in [3.63, 3.8) is 0 Å². The second kappa shape index (κ2) is 8.07. The van der Waals surface area contributed by atoms with Gasteiger partial charge < -0.3 is 5.73 Å². The number of halogens is 5. The van der Waals surface area contributed by atoms with Crippen LogP contribution in [-0.4, -0.2) is 30.1 Å². The fourth-order valence-electron chi connectivity index (χ4n) is 3.11. The lowest BCUT2D eigenvalue weighted by Crippen LogP contribution is -2.42. The van der Waals surface area contributed by atoms with Gasteiger partial charge in [0.2, 0.25) is 5.60 Å². The maximum atomic E-state index is 14.1. The van der Waals surface area contributed by atoms with E-state index in [1.54, 1.807) is 6.92 Å². The number of nitrogens with one attached hydrogen (secondary N) is 1. The molecule has 6 nitrogen and oxygen atoms in total. The van der Waals surface area contributed by atoms with E-state index in [1.807, 2.05) is 0 Å². The van der Waals surface area contributed by atoms with Crippen LogP contribution in [0.15, 0.2) is 42.5 Å². The fraction of sp³-hybridized carbons (Fsp3) is 0.200. The summed E-state index contributed by atoms with van der Waals surface area (Å²) in [6, 6.07) is 6.92. The third-order valence-electron chi connectivity index (χ3n) is 4.79. The Balaban J connectivity index is 2.05. The largest absolute Gasteiger partial charge is 0.428 e. The molecular weight excluding hydrogens is 458 g/mol. The van der Waals surface area contributed by atoms with Crippen LogP contribution in [0.4, 0.5) is 18.0 Å². The first-order chi connectivity index (χ1) is 14.4. The topological polar surface area (TPSA) is 84.7 Å². The number of carbonyl (C=O) groups excluding carboxylic acids is 2. The highest BCUT2D eigenvalue weighted by atomic mass is 35.5. The molecule has 0 saturated heterocycles. The molecule has 31 heavy (non-hydrogen) atoms. The lowest BCUT2D eigenvalue weighted by Gasteiger charge is -2.28. The zero-order chi connectivity index (χ0) is 23.1. The van der Waals surface area contributed by atoms with Crippen molar-refractivity contribution in [2.75, 3.05) is 7.05 Å². The molecule has 0 aromatic heterocycles. The number of carbonyl (C=O) groups is 2. The normalized spacial score (nSPS) is 18.4. The molecule has 0 fully saturated rings. The average Bonchev–Trinajstić information content (AvgIpc) is 3.13. The Bertz CT molecular complexity index is 1080. The molecule has 3 N–H and O–H groups in total. The van der Waals surface area contributed by atoms with Crippen molar-refractivity contribution < 1.29 is 27.6 Å². The minimum absolute atomic E-state index is 0.0221. The van der Waals surface area contributed by atoms with Crippen molar-refractivity contribution in [2.45, 2.75) is 18.7 Å². The number of urea groups is 1. The molecule has 1 aliphatic heterocycles. The van der Waals surface area contributed by atoms with Crippen molar-refractivity contribution in [3.8, 4) is 0 Å². The van der Waals surface area contributed by atoms with Crippen molar-refractivity contribution in [3.05, 3.63) is 74.8 Å². The van der Waals surface area contributed by atoms with E-state index in [9.17, 15) is 22.8 Å². The van der Waals surface area contributed by atoms with Crippen molar-refractivity contribution in [1.29, 1.82) is 0 Å². The average molecular weight is 474 g/mol. The van der Waals surface area contributed by atoms with E-state index >= 15 is 0 Å². The van der Waals surface area contributed by atoms with E-state index in [-0.39, 0.29) is 26.9 Å². The number of primary amides is 1. The molecule has 3 rings (SSSR count). The molecule has 3 amide bonds. The monoisotopic (exact) mass is 473 g/mol. The summed E-state index contributed by atoms with van der Waals surface area (Å²) in [6.07, 6.45) is -3.97. The third kappa shape index (κ3) is 4.21. The molecule has 11 heteroatoms. The van der Waals surface area contributed by atoms with Crippen LogP contribution in [0.5, 0.6) is 0 Å². The second-order valence-corrected chi connectivity index (χ2v) is 7.76. The molecule has 2 aromatic rings. The lowest BCUT2D eigenvalue weighted by atomic mass is 9.91. The molecule has 1 aliphatic rings. The molecular formula is C20H16Cl2F3N3O3. The lowest BCUT2D eigenvalue weighted by molar-refractivity contribution is -0.269. The zero-order valence-electron chi connectivity index (χ0n) is 16.2. The summed E-state index contributed by atoms with van der Waals surface area (Å²) in [6.45, 7) is 1.58. The number of benzene rings is 2. The molecule has 1 unspecified atom stereocenters. The van der Waals surface area contributed by atoms with Crippen molar-refractivity contribution in [1.82, 2.24) is 10.4 Å². The number of nitrogens with two attached hydrogens (primary N) is 1. The van der Waals surface area contributed by atoms with E-state index in [0.29, 0.717) is 11.1 Å². The Morgan fingerprint density at radius 3 is 2.26 bits per heavy atom. The Kier molecular flexibility index (Phi) is 5.96. The number of alkyl halides is 3. The summed E-state index contributed by atoms with van der Waals surface area (Å²) in [5.41, 5.74) is 5.24. The maximum absolute atomic E-state index is 14.1. The Labute approximate surface area is 185 Å². The summed E-state index contributed by atoms with van der Waals surface area (Å²) >= 11 is 11.8. The number of amides is 3. The SMILES string of the molecule is Cc1cc(C2=CC(c3cc(Cl)cc(Cl)c3)(C(F)(F)F)ON2)ccc1C(=O)N(C)C(N)=O. The fourth-order valence-corrected chi connectivity index (χ4v) is 3.63. The molecule has 1 heterocycles. The smallest absolute Gasteiger partial charge is 0.351 e. The van der Waals surface area contributed by atoms with Gasteiger partial charge in [0.15, 0.2) is 0 Å². The van der Waals surface area contributed by atoms with Crippen molar-refractivity contribution >= 4 is 40.8 Å². The van der Waals surface area contributed by atoms with Gasteiger partial charge in [0.25, 0.3) is 5.91 Å². The van der Waals surface area contributed by atoms with Crippen LogP contribution in [0, 0.1) is 6.92 Å². The molecule has 0 bridgehead atoms. The third-order valence-corrected chi connectivity index (χ3v) is 5.22. The van der Waals surface area contributed by atoms with Gasteiger partial charge >= 0.3 is 12.2 Å². The summed E-state index contributed by atoms with van der Waals surface area (Å²) in [4.78, 5) is 29.3. The van der Waals surface area contributed by atoms with Gasteiger partial charge in [0, 0.05) is 28.2 Å². The van der Waals surface area contributed by atoms with E-state index in [4.69, 9.17) is 33.8 Å². The molecule has 0 spiro atoms. The van der Waals surface area contributed by atoms with Gasteiger partial charge in [-0.3, -0.25) is 20.0 Å². The number of rotatable bonds is 3. The summed E-state index contributed by atoms with van der Waals surface area (Å²) < 4.78 is 42.2. The van der Waals surface area contributed by atoms with Gasteiger partial charge in [-0.2, -0.15) is 13.2 Å². The quantitative estimate of drug-likeness (QED) is 0.671. The first-order valence-corrected chi connectivity index (χ1v) is 9.50. The molecule has 2 aromatic carbocycles. The van der Waals surface area contributed by atoms with Gasteiger partial charge in [0.1, 0.15) is 0 Å².